The van der Waals surface area contributed by atoms with E-state index in [0.29, 0.717) is 18.8 Å². The molecule has 3 aliphatic rings. The largest absolute Gasteiger partial charge is 0.488 e. The fourth-order valence-corrected chi connectivity index (χ4v) is 5.35. The van der Waals surface area contributed by atoms with Gasteiger partial charge in [-0.05, 0) is 38.2 Å². The molecule has 0 bridgehead atoms. The Morgan fingerprint density at radius 3 is 2.31 bits per heavy atom. The van der Waals surface area contributed by atoms with Crippen LogP contribution in [0.2, 0.25) is 0 Å². The van der Waals surface area contributed by atoms with Crippen LogP contribution in [0.15, 0.2) is 24.5 Å². The predicted molar refractivity (Wildman–Crippen MR) is 131 cm³/mol. The van der Waals surface area contributed by atoms with Crippen LogP contribution >= 0.6 is 0 Å². The Hall–Kier alpha value is -2.95. The van der Waals surface area contributed by atoms with Crippen LogP contribution in [0.1, 0.15) is 32.1 Å². The summed E-state index contributed by atoms with van der Waals surface area (Å²) in [6.45, 7) is 2.79. The lowest BCUT2D eigenvalue weighted by molar-refractivity contribution is -0.187. The van der Waals surface area contributed by atoms with Gasteiger partial charge >= 0.3 is 12.1 Å². The van der Waals surface area contributed by atoms with E-state index >= 15 is 0 Å². The van der Waals surface area contributed by atoms with Gasteiger partial charge in [-0.1, -0.05) is 0 Å². The van der Waals surface area contributed by atoms with Gasteiger partial charge in [-0.25, -0.2) is 0 Å². The number of ether oxygens (including phenoxy) is 1. The standard InChI is InChI=1S/C25H33F3N6O2/c1-31-16-17(15-30-31)20-13-21(29)23(36-19-3-2-4-19)14-22(20)33-7-5-18(6-8-33)32-9-11-34(12-10-32)24(35)25(26,27)28/h13-16,18-19H,2-12,29H2,1H3. The number of hydrogen-bond donors (Lipinski definition) is 1. The molecule has 11 heteroatoms. The monoisotopic (exact) mass is 506 g/mol. The number of rotatable bonds is 5. The highest BCUT2D eigenvalue weighted by molar-refractivity contribution is 5.84. The topological polar surface area (TPSA) is 79.9 Å². The molecule has 36 heavy (non-hydrogen) atoms. The maximum Gasteiger partial charge on any atom is 0.471 e. The minimum atomic E-state index is -4.81. The number of halogens is 3. The first-order chi connectivity index (χ1) is 17.2. The molecule has 2 N–H and O–H groups in total. The van der Waals surface area contributed by atoms with Gasteiger partial charge in [0.05, 0.1) is 18.0 Å². The van der Waals surface area contributed by atoms with Crippen molar-refractivity contribution in [2.75, 3.05) is 49.9 Å². The Bertz CT molecular complexity index is 1080. The number of nitrogens with zero attached hydrogens (tertiary/aromatic N) is 5. The Labute approximate surface area is 208 Å². The van der Waals surface area contributed by atoms with Gasteiger partial charge < -0.3 is 20.3 Å². The molecule has 3 fully saturated rings. The second kappa shape index (κ2) is 9.84. The van der Waals surface area contributed by atoms with Crippen molar-refractivity contribution in [3.05, 3.63) is 24.5 Å². The average Bonchev–Trinajstić information content (AvgIpc) is 3.27. The third kappa shape index (κ3) is 5.11. The fourth-order valence-electron chi connectivity index (χ4n) is 5.35. The van der Waals surface area contributed by atoms with Gasteiger partial charge in [-0.2, -0.15) is 18.3 Å². The number of nitrogen functional groups attached to an aromatic ring is 1. The van der Waals surface area contributed by atoms with E-state index in [2.05, 4.69) is 21.0 Å². The van der Waals surface area contributed by atoms with E-state index in [9.17, 15) is 18.0 Å². The first-order valence-electron chi connectivity index (χ1n) is 12.6. The summed E-state index contributed by atoms with van der Waals surface area (Å²) in [6.07, 6.45) is 4.28. The third-order valence-corrected chi connectivity index (χ3v) is 7.66. The van der Waals surface area contributed by atoms with Gasteiger partial charge in [0.2, 0.25) is 0 Å². The highest BCUT2D eigenvalue weighted by atomic mass is 19.4. The van der Waals surface area contributed by atoms with E-state index in [1.54, 1.807) is 4.68 Å². The molecule has 0 radical (unpaired) electrons. The minimum absolute atomic E-state index is 0.115. The molecule has 1 aromatic carbocycles. The molecule has 2 aliphatic heterocycles. The van der Waals surface area contributed by atoms with Gasteiger partial charge in [0.1, 0.15) is 5.75 Å². The summed E-state index contributed by atoms with van der Waals surface area (Å²) in [5.74, 6) is -1.02. The SMILES string of the molecule is Cn1cc(-c2cc(N)c(OC3CCC3)cc2N2CCC(N3CCN(C(=O)C(F)(F)F)CC3)CC2)cn1. The van der Waals surface area contributed by atoms with Gasteiger partial charge in [0.25, 0.3) is 0 Å². The molecule has 196 valence electrons. The van der Waals surface area contributed by atoms with Crippen LogP contribution in [-0.2, 0) is 11.8 Å². The summed E-state index contributed by atoms with van der Waals surface area (Å²) in [4.78, 5) is 17.0. The molecule has 1 amide bonds. The molecule has 0 unspecified atom stereocenters. The summed E-state index contributed by atoms with van der Waals surface area (Å²) in [5, 5.41) is 4.33. The fraction of sp³-hybridized carbons (Fsp3) is 0.600. The van der Waals surface area contributed by atoms with Crippen molar-refractivity contribution in [3.8, 4) is 16.9 Å². The number of aromatic nitrogens is 2. The van der Waals surface area contributed by atoms with E-state index in [1.807, 2.05) is 25.5 Å². The van der Waals surface area contributed by atoms with Crippen LogP contribution in [0.25, 0.3) is 11.1 Å². The van der Waals surface area contributed by atoms with Crippen molar-refractivity contribution in [1.82, 2.24) is 19.6 Å². The van der Waals surface area contributed by atoms with Crippen molar-refractivity contribution in [3.63, 3.8) is 0 Å². The first-order valence-corrected chi connectivity index (χ1v) is 12.6. The van der Waals surface area contributed by atoms with Crippen LogP contribution in [0.4, 0.5) is 24.5 Å². The number of piperidine rings is 1. The smallest absolute Gasteiger partial charge is 0.471 e. The van der Waals surface area contributed by atoms with Crippen LogP contribution in [0, 0.1) is 0 Å². The van der Waals surface area contributed by atoms with Crippen LogP contribution in [0.3, 0.4) is 0 Å². The number of nitrogens with two attached hydrogens (primary N) is 1. The summed E-state index contributed by atoms with van der Waals surface area (Å²) in [6, 6.07) is 4.31. The number of piperazine rings is 1. The highest BCUT2D eigenvalue weighted by Crippen LogP contribution is 2.41. The van der Waals surface area contributed by atoms with Crippen molar-refractivity contribution in [2.45, 2.75) is 50.4 Å². The lowest BCUT2D eigenvalue weighted by atomic mass is 9.96. The molecular weight excluding hydrogens is 473 g/mol. The van der Waals surface area contributed by atoms with E-state index in [4.69, 9.17) is 10.5 Å². The maximum atomic E-state index is 12.8. The van der Waals surface area contributed by atoms with Crippen LogP contribution in [-0.4, -0.2) is 83.1 Å². The molecule has 2 saturated heterocycles. The molecular formula is C25H33F3N6O2. The van der Waals surface area contributed by atoms with E-state index < -0.39 is 12.1 Å². The zero-order valence-corrected chi connectivity index (χ0v) is 20.5. The van der Waals surface area contributed by atoms with Crippen LogP contribution < -0.4 is 15.4 Å². The second-order valence-electron chi connectivity index (χ2n) is 10.0. The third-order valence-electron chi connectivity index (χ3n) is 7.66. The highest BCUT2D eigenvalue weighted by Gasteiger charge is 2.43. The molecule has 0 atom stereocenters. The molecule has 2 aromatic rings. The van der Waals surface area contributed by atoms with Crippen molar-refractivity contribution >= 4 is 17.3 Å². The van der Waals surface area contributed by atoms with E-state index in [-0.39, 0.29) is 25.2 Å². The number of anilines is 2. The van der Waals surface area contributed by atoms with Crippen LogP contribution in [0.5, 0.6) is 5.75 Å². The molecule has 3 heterocycles. The van der Waals surface area contributed by atoms with Gasteiger partial charge in [0, 0.05) is 81.4 Å². The van der Waals surface area contributed by atoms with Crippen molar-refractivity contribution in [2.24, 2.45) is 7.05 Å². The lowest BCUT2D eigenvalue weighted by Gasteiger charge is -2.43. The van der Waals surface area contributed by atoms with Crippen molar-refractivity contribution in [1.29, 1.82) is 0 Å². The summed E-state index contributed by atoms with van der Waals surface area (Å²) in [7, 11) is 1.88. The second-order valence-corrected chi connectivity index (χ2v) is 10.0. The number of amides is 1. The Kier molecular flexibility index (Phi) is 6.76. The number of aryl methyl sites for hydroxylation is 1. The van der Waals surface area contributed by atoms with Gasteiger partial charge in [-0.15, -0.1) is 0 Å². The molecule has 5 rings (SSSR count). The Morgan fingerprint density at radius 1 is 1.06 bits per heavy atom. The maximum absolute atomic E-state index is 12.8. The predicted octanol–water partition coefficient (Wildman–Crippen LogP) is 3.28. The van der Waals surface area contributed by atoms with Crippen molar-refractivity contribution < 1.29 is 22.7 Å². The normalized spacial score (nSPS) is 20.4. The average molecular weight is 507 g/mol. The zero-order valence-electron chi connectivity index (χ0n) is 20.5. The van der Waals surface area contributed by atoms with E-state index in [0.717, 1.165) is 66.2 Å². The summed E-state index contributed by atoms with van der Waals surface area (Å²) in [5.41, 5.74) is 10.1. The molecule has 1 aromatic heterocycles. The Morgan fingerprint density at radius 2 is 1.75 bits per heavy atom. The number of benzene rings is 1. The lowest BCUT2D eigenvalue weighted by Crippen LogP contribution is -2.56. The minimum Gasteiger partial charge on any atom is -0.488 e. The van der Waals surface area contributed by atoms with Gasteiger partial charge in [-0.3, -0.25) is 14.4 Å². The molecule has 0 spiro atoms. The summed E-state index contributed by atoms with van der Waals surface area (Å²) >= 11 is 0. The quantitative estimate of drug-likeness (QED) is 0.627. The van der Waals surface area contributed by atoms with E-state index in [1.165, 1.54) is 6.42 Å². The summed E-state index contributed by atoms with van der Waals surface area (Å²) < 4.78 is 46.2. The number of carbonyl (C=O) groups excluding carboxylic acids is 1. The molecule has 1 aliphatic carbocycles. The van der Waals surface area contributed by atoms with Gasteiger partial charge in [0.15, 0.2) is 0 Å². The molecule has 1 saturated carbocycles. The first kappa shape index (κ1) is 24.7. The molecule has 8 nitrogen and oxygen atoms in total. The zero-order chi connectivity index (χ0) is 25.4. The number of carbonyl (C=O) groups is 1. The Balaban J connectivity index is 1.27. The number of hydrogen-bond acceptors (Lipinski definition) is 6. The number of alkyl halides is 3.